The molecule has 6 heteroatoms. The Bertz CT molecular complexity index is 712. The predicted octanol–water partition coefficient (Wildman–Crippen LogP) is 3.62. The van der Waals surface area contributed by atoms with Crippen molar-refractivity contribution in [3.8, 4) is 0 Å². The molecule has 20 heavy (non-hydrogen) atoms. The summed E-state index contributed by atoms with van der Waals surface area (Å²) in [5.74, 6) is 0.750. The molecule has 0 amide bonds. The SMILES string of the molecule is CS(=O)(=O)c1ccc(SCc2ccc(Cl)c(N)c2)cc1. The maximum Gasteiger partial charge on any atom is 0.175 e. The van der Waals surface area contributed by atoms with E-state index < -0.39 is 9.84 Å². The summed E-state index contributed by atoms with van der Waals surface area (Å²) >= 11 is 7.48. The van der Waals surface area contributed by atoms with E-state index >= 15 is 0 Å². The number of anilines is 1. The Morgan fingerprint density at radius 2 is 1.80 bits per heavy atom. The van der Waals surface area contributed by atoms with Gasteiger partial charge in [0.1, 0.15) is 0 Å². The molecule has 0 heterocycles. The molecule has 0 unspecified atom stereocenters. The Morgan fingerprint density at radius 1 is 1.15 bits per heavy atom. The summed E-state index contributed by atoms with van der Waals surface area (Å²) in [4.78, 5) is 1.34. The van der Waals surface area contributed by atoms with Gasteiger partial charge in [-0.05, 0) is 42.0 Å². The van der Waals surface area contributed by atoms with Crippen LogP contribution in [-0.2, 0) is 15.6 Å². The van der Waals surface area contributed by atoms with Crippen LogP contribution in [0.1, 0.15) is 5.56 Å². The van der Waals surface area contributed by atoms with Crippen LogP contribution in [0.2, 0.25) is 5.02 Å². The average Bonchev–Trinajstić information content (AvgIpc) is 2.40. The lowest BCUT2D eigenvalue weighted by atomic mass is 10.2. The van der Waals surface area contributed by atoms with Crippen LogP contribution in [0.5, 0.6) is 0 Å². The van der Waals surface area contributed by atoms with Crippen molar-refractivity contribution < 1.29 is 8.42 Å². The Balaban J connectivity index is 2.06. The van der Waals surface area contributed by atoms with Crippen LogP contribution in [0.3, 0.4) is 0 Å². The highest BCUT2D eigenvalue weighted by molar-refractivity contribution is 7.98. The van der Waals surface area contributed by atoms with Crippen molar-refractivity contribution in [3.05, 3.63) is 53.1 Å². The van der Waals surface area contributed by atoms with Gasteiger partial charge in [-0.2, -0.15) is 0 Å². The molecule has 0 bridgehead atoms. The Morgan fingerprint density at radius 3 is 2.35 bits per heavy atom. The number of benzene rings is 2. The monoisotopic (exact) mass is 327 g/mol. The van der Waals surface area contributed by atoms with Crippen molar-refractivity contribution in [1.29, 1.82) is 0 Å². The molecule has 0 aliphatic heterocycles. The highest BCUT2D eigenvalue weighted by Gasteiger charge is 2.06. The maximum absolute atomic E-state index is 11.4. The van der Waals surface area contributed by atoms with Crippen LogP contribution >= 0.6 is 23.4 Å². The number of halogens is 1. The zero-order valence-corrected chi connectivity index (χ0v) is 13.2. The molecule has 3 nitrogen and oxygen atoms in total. The first kappa shape index (κ1) is 15.2. The third-order valence-electron chi connectivity index (χ3n) is 2.72. The zero-order valence-electron chi connectivity index (χ0n) is 10.8. The maximum atomic E-state index is 11.4. The lowest BCUT2D eigenvalue weighted by molar-refractivity contribution is 0.602. The second-order valence-corrected chi connectivity index (χ2v) is 7.86. The van der Waals surface area contributed by atoms with Crippen molar-refractivity contribution >= 4 is 38.9 Å². The predicted molar refractivity (Wildman–Crippen MR) is 85.0 cm³/mol. The van der Waals surface area contributed by atoms with Crippen LogP contribution in [0, 0.1) is 0 Å². The first-order valence-electron chi connectivity index (χ1n) is 5.83. The van der Waals surface area contributed by atoms with Gasteiger partial charge >= 0.3 is 0 Å². The highest BCUT2D eigenvalue weighted by atomic mass is 35.5. The van der Waals surface area contributed by atoms with Gasteiger partial charge in [-0.25, -0.2) is 8.42 Å². The molecule has 0 saturated heterocycles. The molecule has 0 radical (unpaired) electrons. The number of nitrogen functional groups attached to an aromatic ring is 1. The van der Waals surface area contributed by atoms with Crippen LogP contribution in [0.15, 0.2) is 52.3 Å². The fraction of sp³-hybridized carbons (Fsp3) is 0.143. The average molecular weight is 328 g/mol. The standard InChI is InChI=1S/C14H14ClNO2S2/c1-20(17,18)12-5-3-11(4-6-12)19-9-10-2-7-13(15)14(16)8-10/h2-8H,9,16H2,1H3. The van der Waals surface area contributed by atoms with Crippen molar-refractivity contribution in [1.82, 2.24) is 0 Å². The summed E-state index contributed by atoms with van der Waals surface area (Å²) in [7, 11) is -3.14. The van der Waals surface area contributed by atoms with E-state index in [9.17, 15) is 8.42 Å². The molecule has 0 aliphatic carbocycles. The third kappa shape index (κ3) is 3.91. The van der Waals surface area contributed by atoms with Crippen molar-refractivity contribution in [3.63, 3.8) is 0 Å². The second-order valence-electron chi connectivity index (χ2n) is 4.39. The largest absolute Gasteiger partial charge is 0.398 e. The molecule has 2 rings (SSSR count). The van der Waals surface area contributed by atoms with Crippen molar-refractivity contribution in [2.45, 2.75) is 15.5 Å². The number of sulfone groups is 1. The molecular weight excluding hydrogens is 314 g/mol. The first-order chi connectivity index (χ1) is 9.36. The smallest absolute Gasteiger partial charge is 0.175 e. The van der Waals surface area contributed by atoms with Gasteiger partial charge in [0, 0.05) is 16.9 Å². The fourth-order valence-electron chi connectivity index (χ4n) is 1.63. The lowest BCUT2D eigenvalue weighted by Gasteiger charge is -2.05. The van der Waals surface area contributed by atoms with E-state index in [-0.39, 0.29) is 0 Å². The van der Waals surface area contributed by atoms with Gasteiger partial charge < -0.3 is 5.73 Å². The number of thioether (sulfide) groups is 1. The molecule has 2 aromatic carbocycles. The quantitative estimate of drug-likeness (QED) is 0.688. The minimum absolute atomic E-state index is 0.331. The van der Waals surface area contributed by atoms with E-state index in [4.69, 9.17) is 17.3 Å². The van der Waals surface area contributed by atoms with E-state index in [1.54, 1.807) is 42.1 Å². The van der Waals surface area contributed by atoms with Crippen LogP contribution in [-0.4, -0.2) is 14.7 Å². The lowest BCUT2D eigenvalue weighted by Crippen LogP contribution is -1.96. The third-order valence-corrected chi connectivity index (χ3v) is 5.27. The van der Waals surface area contributed by atoms with Gasteiger partial charge in [0.25, 0.3) is 0 Å². The second kappa shape index (κ2) is 6.08. The van der Waals surface area contributed by atoms with Crippen molar-refractivity contribution in [2.24, 2.45) is 0 Å². The van der Waals surface area contributed by atoms with Gasteiger partial charge in [0.05, 0.1) is 15.6 Å². The zero-order chi connectivity index (χ0) is 14.8. The molecule has 0 atom stereocenters. The molecule has 0 aromatic heterocycles. The Hall–Kier alpha value is -1.17. The molecule has 0 saturated carbocycles. The van der Waals surface area contributed by atoms with Crippen LogP contribution in [0.25, 0.3) is 0 Å². The number of nitrogens with two attached hydrogens (primary N) is 1. The minimum atomic E-state index is -3.14. The summed E-state index contributed by atoms with van der Waals surface area (Å²) in [6.07, 6.45) is 1.20. The Kier molecular flexibility index (Phi) is 4.62. The highest BCUT2D eigenvalue weighted by Crippen LogP contribution is 2.27. The number of hydrogen-bond acceptors (Lipinski definition) is 4. The summed E-state index contributed by atoms with van der Waals surface area (Å²) in [5.41, 5.74) is 7.39. The topological polar surface area (TPSA) is 60.2 Å². The number of rotatable bonds is 4. The minimum Gasteiger partial charge on any atom is -0.398 e. The van der Waals surface area contributed by atoms with Crippen molar-refractivity contribution in [2.75, 3.05) is 12.0 Å². The van der Waals surface area contributed by atoms with Gasteiger partial charge in [0.2, 0.25) is 0 Å². The molecular formula is C14H14ClNO2S2. The molecule has 106 valence electrons. The summed E-state index contributed by atoms with van der Waals surface area (Å²) in [5, 5.41) is 0.552. The normalized spacial score (nSPS) is 11.5. The number of hydrogen-bond donors (Lipinski definition) is 1. The van der Waals surface area contributed by atoms with Gasteiger partial charge in [-0.3, -0.25) is 0 Å². The molecule has 0 spiro atoms. The molecule has 2 N–H and O–H groups in total. The fourth-order valence-corrected chi connectivity index (χ4v) is 3.22. The summed E-state index contributed by atoms with van der Waals surface area (Å²) < 4.78 is 22.7. The van der Waals surface area contributed by atoms with Gasteiger partial charge in [-0.1, -0.05) is 17.7 Å². The molecule has 0 aliphatic rings. The summed E-state index contributed by atoms with van der Waals surface area (Å²) in [6.45, 7) is 0. The van der Waals surface area contributed by atoms with E-state index in [0.717, 1.165) is 16.2 Å². The first-order valence-corrected chi connectivity index (χ1v) is 9.08. The van der Waals surface area contributed by atoms with E-state index in [0.29, 0.717) is 15.6 Å². The Labute approximate surface area is 128 Å². The van der Waals surface area contributed by atoms with Gasteiger partial charge in [0.15, 0.2) is 9.84 Å². The summed E-state index contributed by atoms with van der Waals surface area (Å²) in [6, 6.07) is 12.4. The van der Waals surface area contributed by atoms with Crippen LogP contribution in [0.4, 0.5) is 5.69 Å². The van der Waals surface area contributed by atoms with E-state index in [2.05, 4.69) is 0 Å². The van der Waals surface area contributed by atoms with Crippen LogP contribution < -0.4 is 5.73 Å². The van der Waals surface area contributed by atoms with E-state index in [1.807, 2.05) is 12.1 Å². The molecule has 2 aromatic rings. The molecule has 0 fully saturated rings. The van der Waals surface area contributed by atoms with Gasteiger partial charge in [-0.15, -0.1) is 11.8 Å². The van der Waals surface area contributed by atoms with E-state index in [1.165, 1.54) is 6.26 Å².